The van der Waals surface area contributed by atoms with Crippen LogP contribution in [-0.2, 0) is 5.92 Å². The predicted octanol–water partition coefficient (Wildman–Crippen LogP) is 6.93. The van der Waals surface area contributed by atoms with Crippen LogP contribution in [-0.4, -0.2) is 16.0 Å². The Morgan fingerprint density at radius 3 is 2.56 bits per heavy atom. The summed E-state index contributed by atoms with van der Waals surface area (Å²) in [5.74, 6) is -2.43. The van der Waals surface area contributed by atoms with Crippen LogP contribution in [0.5, 0.6) is 0 Å². The third-order valence-electron chi connectivity index (χ3n) is 5.22. The van der Waals surface area contributed by atoms with Crippen LogP contribution in [0.2, 0.25) is 0 Å². The van der Waals surface area contributed by atoms with Crippen LogP contribution in [0.1, 0.15) is 76.4 Å². The van der Waals surface area contributed by atoms with Gasteiger partial charge in [-0.25, -0.2) is 0 Å². The predicted molar refractivity (Wildman–Crippen MR) is 130 cm³/mol. The molecule has 0 aliphatic rings. The number of allylic oxidation sites excluding steroid dienone is 2. The Kier molecular flexibility index (Phi) is 9.08. The number of anilines is 1. The molecule has 0 aliphatic carbocycles. The molecule has 6 heteroatoms. The van der Waals surface area contributed by atoms with E-state index in [0.29, 0.717) is 11.5 Å². The lowest BCUT2D eigenvalue weighted by molar-refractivity contribution is 0.0127. The van der Waals surface area contributed by atoms with Gasteiger partial charge in [0.2, 0.25) is 0 Å². The van der Waals surface area contributed by atoms with Crippen LogP contribution in [0.25, 0.3) is 11.3 Å². The van der Waals surface area contributed by atoms with Crippen molar-refractivity contribution < 1.29 is 8.78 Å². The van der Waals surface area contributed by atoms with E-state index < -0.39 is 5.92 Å². The number of hydrogen-bond acceptors (Lipinski definition) is 4. The van der Waals surface area contributed by atoms with Crippen molar-refractivity contribution in [3.05, 3.63) is 65.3 Å². The first-order valence-corrected chi connectivity index (χ1v) is 11.2. The molecule has 0 spiro atoms. The van der Waals surface area contributed by atoms with Gasteiger partial charge in [-0.05, 0) is 62.8 Å². The first-order chi connectivity index (χ1) is 15.0. The molecule has 1 atom stereocenters. The molecule has 3 N–H and O–H groups in total. The molecular formula is C26H36F2N4. The van der Waals surface area contributed by atoms with Crippen molar-refractivity contribution in [3.8, 4) is 0 Å². The van der Waals surface area contributed by atoms with Gasteiger partial charge in [0.1, 0.15) is 5.69 Å². The van der Waals surface area contributed by atoms with Crippen molar-refractivity contribution in [2.45, 2.75) is 72.8 Å². The molecule has 0 bridgehead atoms. The second kappa shape index (κ2) is 11.3. The summed E-state index contributed by atoms with van der Waals surface area (Å²) in [5.41, 5.74) is 11.3. The highest BCUT2D eigenvalue weighted by molar-refractivity contribution is 5.78. The summed E-state index contributed by atoms with van der Waals surface area (Å²) in [6, 6.07) is 5.34. The topological polar surface area (TPSA) is 63.8 Å². The molecule has 174 valence electrons. The highest BCUT2D eigenvalue weighted by atomic mass is 19.3. The average molecular weight is 443 g/mol. The summed E-state index contributed by atoms with van der Waals surface area (Å²) in [6.45, 7) is 11.3. The van der Waals surface area contributed by atoms with Gasteiger partial charge >= 0.3 is 0 Å². The van der Waals surface area contributed by atoms with E-state index in [0.717, 1.165) is 54.4 Å². The summed E-state index contributed by atoms with van der Waals surface area (Å²) < 4.78 is 27.5. The summed E-state index contributed by atoms with van der Waals surface area (Å²) in [6.07, 6.45) is 9.87. The number of aromatic nitrogens is 2. The second-order valence-electron chi connectivity index (χ2n) is 8.84. The number of pyridine rings is 2. The lowest BCUT2D eigenvalue weighted by atomic mass is 9.98. The molecule has 0 aromatic carbocycles. The molecule has 2 aromatic heterocycles. The first-order valence-electron chi connectivity index (χ1n) is 11.2. The van der Waals surface area contributed by atoms with Gasteiger partial charge in [0.05, 0.1) is 11.9 Å². The normalized spacial score (nSPS) is 14.1. The Hall–Kier alpha value is -2.60. The molecule has 0 radical (unpaired) electrons. The second-order valence-corrected chi connectivity index (χ2v) is 8.84. The monoisotopic (exact) mass is 442 g/mol. The van der Waals surface area contributed by atoms with Crippen molar-refractivity contribution in [1.82, 2.24) is 9.97 Å². The Labute approximate surface area is 191 Å². The maximum Gasteiger partial charge on any atom is 0.286 e. The first kappa shape index (κ1) is 25.7. The lowest BCUT2D eigenvalue weighted by Gasteiger charge is -2.16. The van der Waals surface area contributed by atoms with E-state index in [2.05, 4.69) is 42.1 Å². The van der Waals surface area contributed by atoms with E-state index in [1.165, 1.54) is 12.3 Å². The van der Waals surface area contributed by atoms with E-state index in [1.54, 1.807) is 12.3 Å². The maximum absolute atomic E-state index is 13.8. The van der Waals surface area contributed by atoms with Crippen LogP contribution < -0.4 is 11.1 Å². The number of aryl methyl sites for hydroxylation is 1. The van der Waals surface area contributed by atoms with Crippen LogP contribution in [0, 0.1) is 12.8 Å². The zero-order chi connectivity index (χ0) is 23.9. The fourth-order valence-electron chi connectivity index (χ4n) is 3.58. The van der Waals surface area contributed by atoms with Crippen LogP contribution in [0.3, 0.4) is 0 Å². The standard InChI is InChI=1S/C26H36F2N4/c1-7-8-24(20-11-12-30-25(14-20)26(6,27)28)32-22-15-23(19(5)31-16-22)18(4)9-10-21(29)13-17(2)3/h8-9,11-12,14-17,21,32H,7,10,13,29H2,1-6H3/b18-9+,24-8-. The molecule has 2 rings (SSSR count). The summed E-state index contributed by atoms with van der Waals surface area (Å²) in [5, 5.41) is 3.36. The molecule has 0 saturated heterocycles. The molecule has 4 nitrogen and oxygen atoms in total. The Morgan fingerprint density at radius 1 is 1.22 bits per heavy atom. The molecule has 2 heterocycles. The molecule has 0 aliphatic heterocycles. The van der Waals surface area contributed by atoms with E-state index in [4.69, 9.17) is 5.73 Å². The van der Waals surface area contributed by atoms with Gasteiger partial charge in [0.25, 0.3) is 5.92 Å². The minimum absolute atomic E-state index is 0.135. The van der Waals surface area contributed by atoms with Crippen molar-refractivity contribution in [3.63, 3.8) is 0 Å². The minimum atomic E-state index is -3.00. The van der Waals surface area contributed by atoms with Crippen LogP contribution in [0.15, 0.2) is 42.7 Å². The van der Waals surface area contributed by atoms with Gasteiger partial charge in [-0.3, -0.25) is 9.97 Å². The van der Waals surface area contributed by atoms with Gasteiger partial charge in [-0.2, -0.15) is 8.78 Å². The number of alkyl halides is 2. The van der Waals surface area contributed by atoms with E-state index in [1.807, 2.05) is 26.0 Å². The molecule has 2 aromatic rings. The molecular weight excluding hydrogens is 406 g/mol. The fraction of sp³-hybridized carbons (Fsp3) is 0.462. The van der Waals surface area contributed by atoms with E-state index in [9.17, 15) is 8.78 Å². The largest absolute Gasteiger partial charge is 0.354 e. The zero-order valence-electron chi connectivity index (χ0n) is 20.0. The minimum Gasteiger partial charge on any atom is -0.354 e. The third-order valence-corrected chi connectivity index (χ3v) is 5.22. The number of hydrogen-bond donors (Lipinski definition) is 2. The van der Waals surface area contributed by atoms with Crippen molar-refractivity contribution >= 4 is 17.0 Å². The zero-order valence-corrected chi connectivity index (χ0v) is 20.0. The number of halogens is 2. The van der Waals surface area contributed by atoms with Gasteiger partial charge in [-0.1, -0.05) is 32.9 Å². The number of nitrogens with one attached hydrogen (secondary N) is 1. The van der Waals surface area contributed by atoms with Crippen molar-refractivity contribution in [1.29, 1.82) is 0 Å². The van der Waals surface area contributed by atoms with Crippen molar-refractivity contribution in [2.24, 2.45) is 11.7 Å². The third kappa shape index (κ3) is 7.52. The van der Waals surface area contributed by atoms with Crippen LogP contribution >= 0.6 is 0 Å². The molecule has 32 heavy (non-hydrogen) atoms. The van der Waals surface area contributed by atoms with Gasteiger partial charge < -0.3 is 11.1 Å². The smallest absolute Gasteiger partial charge is 0.286 e. The summed E-state index contributed by atoms with van der Waals surface area (Å²) >= 11 is 0. The SMILES string of the molecule is CC/C=C(\Nc1cnc(C)c(/C(C)=C/CC(N)CC(C)C)c1)c1ccnc(C(C)(F)F)c1. The van der Waals surface area contributed by atoms with Gasteiger partial charge in [-0.15, -0.1) is 0 Å². The summed E-state index contributed by atoms with van der Waals surface area (Å²) in [7, 11) is 0. The molecule has 0 fully saturated rings. The highest BCUT2D eigenvalue weighted by Crippen LogP contribution is 2.29. The van der Waals surface area contributed by atoms with Gasteiger partial charge in [0.15, 0.2) is 0 Å². The highest BCUT2D eigenvalue weighted by Gasteiger charge is 2.26. The molecule has 0 saturated carbocycles. The number of nitrogens with two attached hydrogens (primary N) is 1. The fourth-order valence-corrected chi connectivity index (χ4v) is 3.58. The van der Waals surface area contributed by atoms with Gasteiger partial charge in [0, 0.05) is 41.7 Å². The quantitative estimate of drug-likeness (QED) is 0.419. The number of rotatable bonds is 10. The average Bonchev–Trinajstić information content (AvgIpc) is 2.72. The Morgan fingerprint density at radius 2 is 1.94 bits per heavy atom. The maximum atomic E-state index is 13.8. The summed E-state index contributed by atoms with van der Waals surface area (Å²) in [4.78, 5) is 8.37. The van der Waals surface area contributed by atoms with E-state index in [-0.39, 0.29) is 11.7 Å². The van der Waals surface area contributed by atoms with E-state index >= 15 is 0 Å². The lowest BCUT2D eigenvalue weighted by Crippen LogP contribution is -2.21. The van der Waals surface area contributed by atoms with Crippen molar-refractivity contribution in [2.75, 3.05) is 5.32 Å². The number of nitrogens with zero attached hydrogens (tertiary/aromatic N) is 2. The van der Waals surface area contributed by atoms with Crippen LogP contribution in [0.4, 0.5) is 14.5 Å². The molecule has 0 amide bonds. The molecule has 1 unspecified atom stereocenters. The Bertz CT molecular complexity index is 959. The Balaban J connectivity index is 2.29.